The van der Waals surface area contributed by atoms with Crippen LogP contribution in [0.4, 0.5) is 0 Å². The lowest BCUT2D eigenvalue weighted by molar-refractivity contribution is 0.0378. The zero-order chi connectivity index (χ0) is 11.9. The second kappa shape index (κ2) is 7.43. The lowest BCUT2D eigenvalue weighted by atomic mass is 10.3. The SMILES string of the molecule is CCCO[Si](C)(C)CCCN1CCOCC1. The first-order valence-corrected chi connectivity index (χ1v) is 9.69. The highest BCUT2D eigenvalue weighted by atomic mass is 28.4. The van der Waals surface area contributed by atoms with E-state index in [0.29, 0.717) is 0 Å². The van der Waals surface area contributed by atoms with Crippen LogP contribution in [0.2, 0.25) is 19.1 Å². The van der Waals surface area contributed by atoms with E-state index < -0.39 is 8.32 Å². The molecule has 0 saturated carbocycles. The molecular weight excluding hydrogens is 218 g/mol. The Balaban J connectivity index is 2.08. The van der Waals surface area contributed by atoms with Crippen LogP contribution in [0.25, 0.3) is 0 Å². The predicted octanol–water partition coefficient (Wildman–Crippen LogP) is 2.34. The fourth-order valence-electron chi connectivity index (χ4n) is 2.00. The largest absolute Gasteiger partial charge is 0.417 e. The summed E-state index contributed by atoms with van der Waals surface area (Å²) in [5, 5.41) is 0. The van der Waals surface area contributed by atoms with Gasteiger partial charge in [0.2, 0.25) is 0 Å². The molecule has 1 saturated heterocycles. The van der Waals surface area contributed by atoms with Crippen molar-refractivity contribution in [3.8, 4) is 0 Å². The third-order valence-corrected chi connectivity index (χ3v) is 5.60. The molecule has 0 N–H and O–H groups in total. The molecule has 0 bridgehead atoms. The molecule has 0 radical (unpaired) electrons. The quantitative estimate of drug-likeness (QED) is 0.643. The molecular formula is C12H27NO2Si. The summed E-state index contributed by atoms with van der Waals surface area (Å²) in [4.78, 5) is 2.51. The number of hydrogen-bond donors (Lipinski definition) is 0. The van der Waals surface area contributed by atoms with Crippen molar-refractivity contribution in [2.45, 2.75) is 38.9 Å². The topological polar surface area (TPSA) is 21.7 Å². The minimum absolute atomic E-state index is 0.910. The Labute approximate surface area is 101 Å². The Morgan fingerprint density at radius 3 is 2.56 bits per heavy atom. The Morgan fingerprint density at radius 2 is 1.94 bits per heavy atom. The van der Waals surface area contributed by atoms with Crippen molar-refractivity contribution >= 4 is 8.32 Å². The van der Waals surface area contributed by atoms with Gasteiger partial charge in [0.1, 0.15) is 0 Å². The number of hydrogen-bond acceptors (Lipinski definition) is 3. The van der Waals surface area contributed by atoms with E-state index in [-0.39, 0.29) is 0 Å². The number of morpholine rings is 1. The van der Waals surface area contributed by atoms with Crippen molar-refractivity contribution in [3.63, 3.8) is 0 Å². The van der Waals surface area contributed by atoms with Crippen molar-refractivity contribution in [1.29, 1.82) is 0 Å². The van der Waals surface area contributed by atoms with E-state index in [1.807, 2.05) is 0 Å². The highest BCUT2D eigenvalue weighted by molar-refractivity contribution is 6.71. The van der Waals surface area contributed by atoms with Gasteiger partial charge in [-0.05, 0) is 38.5 Å². The van der Waals surface area contributed by atoms with Gasteiger partial charge >= 0.3 is 0 Å². The molecule has 1 rings (SSSR count). The third kappa shape index (κ3) is 5.99. The van der Waals surface area contributed by atoms with Crippen LogP contribution < -0.4 is 0 Å². The summed E-state index contributed by atoms with van der Waals surface area (Å²) in [5.41, 5.74) is 0. The molecule has 4 heteroatoms. The minimum atomic E-state index is -1.37. The number of ether oxygens (including phenoxy) is 1. The summed E-state index contributed by atoms with van der Waals surface area (Å²) >= 11 is 0. The average molecular weight is 245 g/mol. The normalized spacial score (nSPS) is 18.9. The first kappa shape index (κ1) is 14.2. The third-order valence-electron chi connectivity index (χ3n) is 3.05. The van der Waals surface area contributed by atoms with Crippen molar-refractivity contribution in [1.82, 2.24) is 4.90 Å². The maximum absolute atomic E-state index is 5.96. The lowest BCUT2D eigenvalue weighted by Crippen LogP contribution is -2.38. The summed E-state index contributed by atoms with van der Waals surface area (Å²) in [6, 6.07) is 1.28. The van der Waals surface area contributed by atoms with Crippen LogP contribution in [-0.4, -0.2) is 52.7 Å². The van der Waals surface area contributed by atoms with E-state index in [9.17, 15) is 0 Å². The van der Waals surface area contributed by atoms with E-state index >= 15 is 0 Å². The Bertz CT molecular complexity index is 182. The molecule has 0 aromatic heterocycles. The molecule has 1 aliphatic rings. The summed E-state index contributed by atoms with van der Waals surface area (Å²) in [5.74, 6) is 0. The molecule has 0 spiro atoms. The van der Waals surface area contributed by atoms with E-state index in [1.165, 1.54) is 19.0 Å². The zero-order valence-electron chi connectivity index (χ0n) is 11.1. The molecule has 0 amide bonds. The molecule has 1 aliphatic heterocycles. The van der Waals surface area contributed by atoms with Gasteiger partial charge in [-0.25, -0.2) is 0 Å². The minimum Gasteiger partial charge on any atom is -0.417 e. The van der Waals surface area contributed by atoms with Crippen LogP contribution in [0.1, 0.15) is 19.8 Å². The first-order chi connectivity index (χ1) is 7.64. The fourth-order valence-corrected chi connectivity index (χ4v) is 3.91. The molecule has 96 valence electrons. The molecule has 0 aromatic rings. The van der Waals surface area contributed by atoms with Gasteiger partial charge in [0.05, 0.1) is 13.2 Å². The van der Waals surface area contributed by atoms with Crippen LogP contribution in [-0.2, 0) is 9.16 Å². The van der Waals surface area contributed by atoms with Gasteiger partial charge in [-0.3, -0.25) is 4.90 Å². The summed E-state index contributed by atoms with van der Waals surface area (Å²) < 4.78 is 11.3. The van der Waals surface area contributed by atoms with Crippen molar-refractivity contribution in [3.05, 3.63) is 0 Å². The number of nitrogens with zero attached hydrogens (tertiary/aromatic N) is 1. The summed E-state index contributed by atoms with van der Waals surface area (Å²) in [6.07, 6.45) is 2.42. The molecule has 0 aromatic carbocycles. The van der Waals surface area contributed by atoms with Gasteiger partial charge in [-0.1, -0.05) is 6.92 Å². The first-order valence-electron chi connectivity index (χ1n) is 6.58. The van der Waals surface area contributed by atoms with Gasteiger partial charge in [0.15, 0.2) is 8.32 Å². The maximum Gasteiger partial charge on any atom is 0.186 e. The molecule has 0 atom stereocenters. The standard InChI is InChI=1S/C12H27NO2Si/c1-4-9-15-16(2,3)12-5-6-13-7-10-14-11-8-13/h4-12H2,1-3H3. The Morgan fingerprint density at radius 1 is 1.25 bits per heavy atom. The smallest absolute Gasteiger partial charge is 0.186 e. The van der Waals surface area contributed by atoms with Crippen LogP contribution >= 0.6 is 0 Å². The zero-order valence-corrected chi connectivity index (χ0v) is 12.1. The van der Waals surface area contributed by atoms with Crippen LogP contribution in [0.15, 0.2) is 0 Å². The van der Waals surface area contributed by atoms with E-state index in [1.54, 1.807) is 0 Å². The molecule has 0 unspecified atom stereocenters. The Kier molecular flexibility index (Phi) is 6.57. The highest BCUT2D eigenvalue weighted by Crippen LogP contribution is 2.14. The highest BCUT2D eigenvalue weighted by Gasteiger charge is 2.22. The van der Waals surface area contributed by atoms with E-state index in [0.717, 1.165) is 39.3 Å². The molecule has 3 nitrogen and oxygen atoms in total. The monoisotopic (exact) mass is 245 g/mol. The fraction of sp³-hybridized carbons (Fsp3) is 1.00. The van der Waals surface area contributed by atoms with Crippen molar-refractivity contribution in [2.24, 2.45) is 0 Å². The Hall–Kier alpha value is 0.0969. The van der Waals surface area contributed by atoms with E-state index in [4.69, 9.17) is 9.16 Å². The van der Waals surface area contributed by atoms with Crippen molar-refractivity contribution < 1.29 is 9.16 Å². The number of rotatable bonds is 7. The lowest BCUT2D eigenvalue weighted by Gasteiger charge is -2.28. The molecule has 0 aliphatic carbocycles. The van der Waals surface area contributed by atoms with Gasteiger partial charge < -0.3 is 9.16 Å². The van der Waals surface area contributed by atoms with Crippen molar-refractivity contribution in [2.75, 3.05) is 39.5 Å². The van der Waals surface area contributed by atoms with Gasteiger partial charge in [-0.15, -0.1) is 0 Å². The van der Waals surface area contributed by atoms with Gasteiger partial charge in [0.25, 0.3) is 0 Å². The predicted molar refractivity (Wildman–Crippen MR) is 70.4 cm³/mol. The second-order valence-electron chi connectivity index (χ2n) is 5.17. The van der Waals surface area contributed by atoms with Gasteiger partial charge in [0, 0.05) is 19.7 Å². The van der Waals surface area contributed by atoms with Crippen LogP contribution in [0.3, 0.4) is 0 Å². The second-order valence-corrected chi connectivity index (χ2v) is 9.47. The summed E-state index contributed by atoms with van der Waals surface area (Å²) in [6.45, 7) is 13.0. The molecule has 1 fully saturated rings. The van der Waals surface area contributed by atoms with Crippen LogP contribution in [0, 0.1) is 0 Å². The molecule has 1 heterocycles. The average Bonchev–Trinajstić information content (AvgIpc) is 2.28. The van der Waals surface area contributed by atoms with Gasteiger partial charge in [-0.2, -0.15) is 0 Å². The maximum atomic E-state index is 5.96. The van der Waals surface area contributed by atoms with E-state index in [2.05, 4.69) is 24.9 Å². The van der Waals surface area contributed by atoms with Crippen LogP contribution in [0.5, 0.6) is 0 Å². The summed E-state index contributed by atoms with van der Waals surface area (Å²) in [7, 11) is -1.37. The molecule has 16 heavy (non-hydrogen) atoms.